The number of esters is 1. The second-order valence-corrected chi connectivity index (χ2v) is 8.61. The molecule has 0 amide bonds. The number of nitrogens with two attached hydrogens (primary N) is 1. The van der Waals surface area contributed by atoms with Crippen LogP contribution in [0, 0.1) is 0 Å². The summed E-state index contributed by atoms with van der Waals surface area (Å²) in [5.41, 5.74) is 7.71. The number of hydrogen-bond donors (Lipinski definition) is 2. The molecule has 0 aliphatic carbocycles. The molecule has 3 aromatic rings. The molecule has 11 heteroatoms. The van der Waals surface area contributed by atoms with E-state index in [-0.39, 0.29) is 17.3 Å². The molecule has 1 aliphatic rings. The number of aromatic nitrogens is 1. The number of halogens is 2. The molecule has 3 N–H and O–H groups in total. The maximum absolute atomic E-state index is 12.5. The second kappa shape index (κ2) is 9.94. The van der Waals surface area contributed by atoms with Gasteiger partial charge < -0.3 is 20.3 Å². The first kappa shape index (κ1) is 23.9. The number of carboxylic acid groups (broad SMARTS) is 1. The Morgan fingerprint density at radius 1 is 1.21 bits per heavy atom. The molecule has 0 saturated heterocycles. The lowest BCUT2D eigenvalue weighted by molar-refractivity contribution is -0.138. The molecule has 4 rings (SSSR count). The maximum atomic E-state index is 12.5. The van der Waals surface area contributed by atoms with Crippen molar-refractivity contribution < 1.29 is 24.2 Å². The standard InChI is InChI=1S/C23H17Cl2N3O5S/c24-14-8-13-11-28(23(34)33-20(13)17(25)9-14)15-3-6-19(27-10-15)22(31)32-16-4-1-12(2-5-16)7-18(26)21(29)30/h1-6,8-10,18H,7,11,26H2,(H,29,30)/t18-/m0/s1. The van der Waals surface area contributed by atoms with E-state index < -0.39 is 18.0 Å². The number of thiocarbonyl (C=S) groups is 1. The van der Waals surface area contributed by atoms with Crippen LogP contribution in [0.25, 0.3) is 0 Å². The van der Waals surface area contributed by atoms with E-state index in [1.54, 1.807) is 47.4 Å². The molecular weight excluding hydrogens is 501 g/mol. The van der Waals surface area contributed by atoms with Crippen LogP contribution in [0.15, 0.2) is 54.7 Å². The first-order chi connectivity index (χ1) is 16.2. The quantitative estimate of drug-likeness (QED) is 0.281. The minimum absolute atomic E-state index is 0.0936. The highest BCUT2D eigenvalue weighted by atomic mass is 35.5. The van der Waals surface area contributed by atoms with Gasteiger partial charge in [-0.15, -0.1) is 0 Å². The van der Waals surface area contributed by atoms with Crippen LogP contribution in [-0.2, 0) is 17.8 Å². The summed E-state index contributed by atoms with van der Waals surface area (Å²) >= 11 is 17.6. The van der Waals surface area contributed by atoms with Crippen molar-refractivity contribution in [3.05, 3.63) is 81.6 Å². The normalized spacial score (nSPS) is 13.6. The van der Waals surface area contributed by atoms with Crippen molar-refractivity contribution in [1.82, 2.24) is 4.98 Å². The highest BCUT2D eigenvalue weighted by Crippen LogP contribution is 2.37. The van der Waals surface area contributed by atoms with Crippen LogP contribution >= 0.6 is 35.4 Å². The number of carboxylic acids is 1. The molecule has 0 spiro atoms. The molecule has 2 heterocycles. The van der Waals surface area contributed by atoms with E-state index in [0.717, 1.165) is 5.56 Å². The van der Waals surface area contributed by atoms with Gasteiger partial charge in [0.15, 0.2) is 5.75 Å². The van der Waals surface area contributed by atoms with E-state index in [1.165, 1.54) is 12.3 Å². The van der Waals surface area contributed by atoms with Crippen molar-refractivity contribution in [2.24, 2.45) is 5.73 Å². The summed E-state index contributed by atoms with van der Waals surface area (Å²) < 4.78 is 11.0. The van der Waals surface area contributed by atoms with E-state index in [4.69, 9.17) is 55.7 Å². The molecule has 0 unspecified atom stereocenters. The average Bonchev–Trinajstić information content (AvgIpc) is 2.80. The molecule has 0 fully saturated rings. The number of anilines is 1. The number of carbonyl (C=O) groups excluding carboxylic acids is 1. The van der Waals surface area contributed by atoms with Gasteiger partial charge in [0.05, 0.1) is 23.5 Å². The Morgan fingerprint density at radius 2 is 1.94 bits per heavy atom. The van der Waals surface area contributed by atoms with Crippen molar-refractivity contribution in [2.45, 2.75) is 19.0 Å². The zero-order valence-corrected chi connectivity index (χ0v) is 19.7. The molecule has 1 aromatic heterocycles. The summed E-state index contributed by atoms with van der Waals surface area (Å²) in [5.74, 6) is -0.974. The van der Waals surface area contributed by atoms with Crippen molar-refractivity contribution >= 4 is 58.2 Å². The Hall–Kier alpha value is -3.24. The molecule has 0 saturated carbocycles. The number of nitrogens with zero attached hydrogens (tertiary/aromatic N) is 2. The molecular formula is C23H17Cl2N3O5S. The summed E-state index contributed by atoms with van der Waals surface area (Å²) in [6.45, 7) is 0.373. The zero-order chi connectivity index (χ0) is 24.4. The van der Waals surface area contributed by atoms with Gasteiger partial charge in [0.1, 0.15) is 17.5 Å². The first-order valence-corrected chi connectivity index (χ1v) is 11.1. The van der Waals surface area contributed by atoms with E-state index in [1.807, 2.05) is 0 Å². The summed E-state index contributed by atoms with van der Waals surface area (Å²) in [5, 5.41) is 9.94. The van der Waals surface area contributed by atoms with Crippen LogP contribution in [0.2, 0.25) is 10.0 Å². The minimum Gasteiger partial charge on any atom is -0.480 e. The predicted molar refractivity (Wildman–Crippen MR) is 131 cm³/mol. The van der Waals surface area contributed by atoms with Gasteiger partial charge in [-0.25, -0.2) is 9.78 Å². The Kier molecular flexibility index (Phi) is 6.99. The summed E-state index contributed by atoms with van der Waals surface area (Å²) in [7, 11) is 0. The lowest BCUT2D eigenvalue weighted by Crippen LogP contribution is -2.37. The number of pyridine rings is 1. The zero-order valence-electron chi connectivity index (χ0n) is 17.4. The number of carbonyl (C=O) groups is 2. The molecule has 34 heavy (non-hydrogen) atoms. The van der Waals surface area contributed by atoms with Crippen LogP contribution in [-0.4, -0.2) is 33.2 Å². The fourth-order valence-electron chi connectivity index (χ4n) is 3.28. The first-order valence-electron chi connectivity index (χ1n) is 9.94. The van der Waals surface area contributed by atoms with Crippen LogP contribution in [0.3, 0.4) is 0 Å². The molecule has 2 aromatic carbocycles. The molecule has 174 valence electrons. The van der Waals surface area contributed by atoms with Crippen molar-refractivity contribution in [3.8, 4) is 11.5 Å². The van der Waals surface area contributed by atoms with Crippen molar-refractivity contribution in [1.29, 1.82) is 0 Å². The van der Waals surface area contributed by atoms with Crippen LogP contribution in [0.5, 0.6) is 11.5 Å². The third kappa shape index (κ3) is 5.28. The van der Waals surface area contributed by atoms with E-state index in [0.29, 0.717) is 39.3 Å². The number of rotatable bonds is 6. The van der Waals surface area contributed by atoms with Crippen LogP contribution in [0.4, 0.5) is 5.69 Å². The monoisotopic (exact) mass is 517 g/mol. The van der Waals surface area contributed by atoms with Gasteiger partial charge >= 0.3 is 11.9 Å². The fourth-order valence-corrected chi connectivity index (χ4v) is 4.11. The third-order valence-electron chi connectivity index (χ3n) is 5.00. The average molecular weight is 518 g/mol. The second-order valence-electron chi connectivity index (χ2n) is 7.41. The van der Waals surface area contributed by atoms with Gasteiger partial charge in [-0.1, -0.05) is 35.3 Å². The van der Waals surface area contributed by atoms with Crippen LogP contribution < -0.4 is 20.1 Å². The lowest BCUT2D eigenvalue weighted by atomic mass is 10.1. The Balaban J connectivity index is 1.43. The Labute approximate surface area is 209 Å². The van der Waals surface area contributed by atoms with E-state index in [9.17, 15) is 9.59 Å². The highest BCUT2D eigenvalue weighted by Gasteiger charge is 2.26. The Morgan fingerprint density at radius 3 is 2.59 bits per heavy atom. The molecule has 0 radical (unpaired) electrons. The van der Waals surface area contributed by atoms with Gasteiger partial charge in [0.2, 0.25) is 0 Å². The van der Waals surface area contributed by atoms with Crippen molar-refractivity contribution in [2.75, 3.05) is 4.90 Å². The fraction of sp³-hybridized carbons (Fsp3) is 0.130. The highest BCUT2D eigenvalue weighted by molar-refractivity contribution is 7.80. The Bertz CT molecular complexity index is 1270. The van der Waals surface area contributed by atoms with Gasteiger partial charge in [-0.3, -0.25) is 9.69 Å². The number of fused-ring (bicyclic) bond motifs is 1. The van der Waals surface area contributed by atoms with Gasteiger partial charge in [0, 0.05) is 10.6 Å². The maximum Gasteiger partial charge on any atom is 0.362 e. The summed E-state index contributed by atoms with van der Waals surface area (Å²) in [4.78, 5) is 29.2. The third-order valence-corrected chi connectivity index (χ3v) is 5.80. The molecule has 1 aliphatic heterocycles. The largest absolute Gasteiger partial charge is 0.480 e. The molecule has 8 nitrogen and oxygen atoms in total. The van der Waals surface area contributed by atoms with Gasteiger partial charge in [0.25, 0.3) is 5.17 Å². The molecule has 1 atom stereocenters. The predicted octanol–water partition coefficient (Wildman–Crippen LogP) is 4.25. The number of ether oxygens (including phenoxy) is 2. The van der Waals surface area contributed by atoms with Gasteiger partial charge in [-0.05, 0) is 60.6 Å². The lowest BCUT2D eigenvalue weighted by Gasteiger charge is -2.30. The number of benzene rings is 2. The van der Waals surface area contributed by atoms with Crippen LogP contribution in [0.1, 0.15) is 21.6 Å². The van der Waals surface area contributed by atoms with Gasteiger partial charge in [-0.2, -0.15) is 0 Å². The summed E-state index contributed by atoms with van der Waals surface area (Å²) in [6.07, 6.45) is 1.65. The topological polar surface area (TPSA) is 115 Å². The summed E-state index contributed by atoms with van der Waals surface area (Å²) in [6, 6.07) is 11.9. The minimum atomic E-state index is -1.08. The van der Waals surface area contributed by atoms with Crippen molar-refractivity contribution in [3.63, 3.8) is 0 Å². The van der Waals surface area contributed by atoms with E-state index in [2.05, 4.69) is 4.98 Å². The van der Waals surface area contributed by atoms with E-state index >= 15 is 0 Å². The molecule has 0 bridgehead atoms. The number of aliphatic carboxylic acids is 1. The SMILES string of the molecule is N[C@@H](Cc1ccc(OC(=O)c2ccc(N3Cc4cc(Cl)cc(Cl)c4OC3=S)cn2)cc1)C(=O)O. The number of hydrogen-bond acceptors (Lipinski definition) is 7. The smallest absolute Gasteiger partial charge is 0.362 e.